The number of likely N-dealkylation sites (N-methyl/N-ethyl adjacent to an activating group) is 1. The summed E-state index contributed by atoms with van der Waals surface area (Å²) < 4.78 is 24.6. The molecule has 1 unspecified atom stereocenters. The van der Waals surface area contributed by atoms with Crippen molar-refractivity contribution in [3.63, 3.8) is 0 Å². The number of amides is 1. The third kappa shape index (κ3) is 3.35. The summed E-state index contributed by atoms with van der Waals surface area (Å²) in [7, 11) is -1.32. The van der Waals surface area contributed by atoms with E-state index in [-0.39, 0.29) is 11.8 Å². The highest BCUT2D eigenvalue weighted by atomic mass is 32.2. The van der Waals surface area contributed by atoms with Crippen LogP contribution in [0.3, 0.4) is 0 Å². The second kappa shape index (κ2) is 7.19. The maximum absolute atomic E-state index is 12.4. The molecule has 1 amide bonds. The summed E-state index contributed by atoms with van der Waals surface area (Å²) in [6.45, 7) is 3.08. The third-order valence-corrected chi connectivity index (χ3v) is 7.96. The fourth-order valence-corrected chi connectivity index (χ4v) is 6.39. The Morgan fingerprint density at radius 3 is 2.89 bits per heavy atom. The highest BCUT2D eigenvalue weighted by Gasteiger charge is 2.41. The van der Waals surface area contributed by atoms with Gasteiger partial charge in [0.25, 0.3) is 0 Å². The molecule has 2 heterocycles. The van der Waals surface area contributed by atoms with Gasteiger partial charge in [-0.1, -0.05) is 12.1 Å². The zero-order valence-corrected chi connectivity index (χ0v) is 17.6. The Morgan fingerprint density at radius 2 is 2.18 bits per heavy atom. The van der Waals surface area contributed by atoms with Crippen molar-refractivity contribution < 1.29 is 13.2 Å². The molecule has 0 radical (unpaired) electrons. The third-order valence-electron chi connectivity index (χ3n) is 6.52. The lowest BCUT2D eigenvalue weighted by Gasteiger charge is -2.46. The summed E-state index contributed by atoms with van der Waals surface area (Å²) in [5, 5.41) is 3.07. The van der Waals surface area contributed by atoms with E-state index in [0.717, 1.165) is 19.4 Å². The van der Waals surface area contributed by atoms with Gasteiger partial charge < -0.3 is 15.2 Å². The zero-order valence-electron chi connectivity index (χ0n) is 16.7. The summed E-state index contributed by atoms with van der Waals surface area (Å²) >= 11 is 0. The molecule has 1 aliphatic heterocycles. The summed E-state index contributed by atoms with van der Waals surface area (Å²) in [5.74, 6) is 0.169. The van der Waals surface area contributed by atoms with Crippen LogP contribution in [0, 0.1) is 5.92 Å². The maximum Gasteiger partial charge on any atom is 0.238 e. The number of H-pyrrole nitrogens is 1. The molecule has 1 aromatic carbocycles. The fourth-order valence-electron chi connectivity index (χ4n) is 5.29. The number of carbonyl (C=O) groups excluding carboxylic acids is 1. The second-order valence-electron chi connectivity index (χ2n) is 8.45. The molecule has 7 heteroatoms. The van der Waals surface area contributed by atoms with E-state index in [0.29, 0.717) is 24.9 Å². The number of sulfone groups is 1. The predicted molar refractivity (Wildman–Crippen MR) is 111 cm³/mol. The molecule has 2 N–H and O–H groups in total. The summed E-state index contributed by atoms with van der Waals surface area (Å²) in [4.78, 5) is 18.2. The number of benzene rings is 1. The van der Waals surface area contributed by atoms with Crippen LogP contribution in [0.5, 0.6) is 0 Å². The first-order valence-electron chi connectivity index (χ1n) is 10.0. The Labute approximate surface area is 166 Å². The van der Waals surface area contributed by atoms with Crippen LogP contribution >= 0.6 is 0 Å². The number of hydrogen-bond acceptors (Lipinski definition) is 4. The van der Waals surface area contributed by atoms with Crippen molar-refractivity contribution in [3.05, 3.63) is 35.5 Å². The Hall–Kier alpha value is -1.86. The second-order valence-corrected chi connectivity index (χ2v) is 10.7. The maximum atomic E-state index is 12.4. The standard InChI is InChI=1S/C21H29N3O3S/c1-4-22-21(25)19(28(3,26)27)9-13-8-16-15-6-5-7-17-20(15)14(11-23-17)10-18(16)24(2)12-13/h5-7,11,13,16,18-19,23H,4,8-10,12H2,1-3H3,(H,22,25)/t13-,16+,18+,19?/m0/s1. The number of carbonyl (C=O) groups is 1. The van der Waals surface area contributed by atoms with Crippen LogP contribution in [0.4, 0.5) is 0 Å². The largest absolute Gasteiger partial charge is 0.361 e. The van der Waals surface area contributed by atoms with E-state index in [2.05, 4.69) is 46.6 Å². The first kappa shape index (κ1) is 19.5. The Kier molecular flexibility index (Phi) is 5.00. The number of piperidine rings is 1. The molecular weight excluding hydrogens is 374 g/mol. The van der Waals surface area contributed by atoms with Crippen LogP contribution < -0.4 is 5.32 Å². The Morgan fingerprint density at radius 1 is 1.39 bits per heavy atom. The van der Waals surface area contributed by atoms with Crippen LogP contribution in [-0.2, 0) is 21.1 Å². The van der Waals surface area contributed by atoms with Crippen molar-refractivity contribution >= 4 is 26.6 Å². The van der Waals surface area contributed by atoms with Gasteiger partial charge in [-0.2, -0.15) is 0 Å². The minimum absolute atomic E-state index is 0.171. The molecule has 1 aromatic heterocycles. The molecule has 1 aliphatic carbocycles. The van der Waals surface area contributed by atoms with Gasteiger partial charge in [0.15, 0.2) is 9.84 Å². The van der Waals surface area contributed by atoms with Crippen molar-refractivity contribution in [2.45, 2.75) is 43.4 Å². The molecule has 0 spiro atoms. The molecule has 152 valence electrons. The Balaban J connectivity index is 1.62. The average Bonchev–Trinajstić information content (AvgIpc) is 3.04. The summed E-state index contributed by atoms with van der Waals surface area (Å²) in [6, 6.07) is 6.84. The average molecular weight is 404 g/mol. The van der Waals surface area contributed by atoms with Gasteiger partial charge in [-0.15, -0.1) is 0 Å². The van der Waals surface area contributed by atoms with Gasteiger partial charge in [0.05, 0.1) is 0 Å². The van der Waals surface area contributed by atoms with E-state index in [1.807, 2.05) is 6.92 Å². The molecule has 28 heavy (non-hydrogen) atoms. The van der Waals surface area contributed by atoms with E-state index in [9.17, 15) is 13.2 Å². The SMILES string of the molecule is CCNC(=O)C(C[C@@H]1C[C@@H]2c3cccc4[nH]cc(c34)C[C@H]2N(C)C1)S(C)(=O)=O. The first-order chi connectivity index (χ1) is 13.3. The molecule has 6 nitrogen and oxygen atoms in total. The summed E-state index contributed by atoms with van der Waals surface area (Å²) in [6.07, 6.45) is 5.61. The number of rotatable bonds is 5. The predicted octanol–water partition coefficient (Wildman–Crippen LogP) is 2.07. The van der Waals surface area contributed by atoms with Gasteiger partial charge >= 0.3 is 0 Å². The minimum atomic E-state index is -3.45. The molecule has 0 bridgehead atoms. The van der Waals surface area contributed by atoms with Crippen LogP contribution in [0.2, 0.25) is 0 Å². The van der Waals surface area contributed by atoms with Gasteiger partial charge in [0, 0.05) is 48.4 Å². The lowest BCUT2D eigenvalue weighted by Crippen LogP contribution is -2.49. The van der Waals surface area contributed by atoms with Crippen molar-refractivity contribution in [2.75, 3.05) is 26.4 Å². The van der Waals surface area contributed by atoms with Gasteiger partial charge in [-0.25, -0.2) is 8.42 Å². The highest BCUT2D eigenvalue weighted by Crippen LogP contribution is 2.45. The van der Waals surface area contributed by atoms with E-state index in [1.165, 1.54) is 28.3 Å². The van der Waals surface area contributed by atoms with Crippen molar-refractivity contribution in [2.24, 2.45) is 5.92 Å². The van der Waals surface area contributed by atoms with Gasteiger partial charge in [0.2, 0.25) is 5.91 Å². The smallest absolute Gasteiger partial charge is 0.238 e. The Bertz CT molecular complexity index is 997. The van der Waals surface area contributed by atoms with Gasteiger partial charge in [0.1, 0.15) is 5.25 Å². The van der Waals surface area contributed by atoms with Crippen molar-refractivity contribution in [1.82, 2.24) is 15.2 Å². The van der Waals surface area contributed by atoms with Crippen LogP contribution in [0.25, 0.3) is 10.9 Å². The number of nitrogens with one attached hydrogen (secondary N) is 2. The van der Waals surface area contributed by atoms with Gasteiger partial charge in [-0.3, -0.25) is 4.79 Å². The molecule has 1 saturated heterocycles. The number of fused-ring (bicyclic) bond motifs is 2. The van der Waals surface area contributed by atoms with Gasteiger partial charge in [-0.05, 0) is 56.3 Å². The minimum Gasteiger partial charge on any atom is -0.361 e. The molecule has 2 aliphatic rings. The number of likely N-dealkylation sites (tertiary alicyclic amines) is 1. The number of hydrogen-bond donors (Lipinski definition) is 2. The van der Waals surface area contributed by atoms with E-state index in [4.69, 9.17) is 0 Å². The number of aromatic amines is 1. The van der Waals surface area contributed by atoms with Crippen LogP contribution in [-0.4, -0.2) is 61.9 Å². The fraction of sp³-hybridized carbons (Fsp3) is 0.571. The monoisotopic (exact) mass is 403 g/mol. The number of nitrogens with zero attached hydrogens (tertiary/aromatic N) is 1. The lowest BCUT2D eigenvalue weighted by molar-refractivity contribution is -0.121. The van der Waals surface area contributed by atoms with E-state index in [1.54, 1.807) is 0 Å². The zero-order chi connectivity index (χ0) is 20.1. The highest BCUT2D eigenvalue weighted by molar-refractivity contribution is 7.92. The molecule has 1 fully saturated rings. The molecule has 2 aromatic rings. The van der Waals surface area contributed by atoms with Crippen molar-refractivity contribution in [3.8, 4) is 0 Å². The van der Waals surface area contributed by atoms with Crippen LogP contribution in [0.15, 0.2) is 24.4 Å². The lowest BCUT2D eigenvalue weighted by atomic mass is 9.71. The van der Waals surface area contributed by atoms with Crippen LogP contribution in [0.1, 0.15) is 36.8 Å². The van der Waals surface area contributed by atoms with E-state index >= 15 is 0 Å². The summed E-state index contributed by atoms with van der Waals surface area (Å²) in [5.41, 5.74) is 3.90. The van der Waals surface area contributed by atoms with Crippen molar-refractivity contribution in [1.29, 1.82) is 0 Å². The normalized spacial score (nSPS) is 26.0. The molecule has 4 atom stereocenters. The number of aromatic nitrogens is 1. The van der Waals surface area contributed by atoms with E-state index < -0.39 is 15.1 Å². The topological polar surface area (TPSA) is 82.3 Å². The molecule has 4 rings (SSSR count). The quantitative estimate of drug-likeness (QED) is 0.801. The molecular formula is C21H29N3O3S. The first-order valence-corrected chi connectivity index (χ1v) is 12.0. The molecule has 0 saturated carbocycles.